The summed E-state index contributed by atoms with van der Waals surface area (Å²) in [5.74, 6) is -1.16. The van der Waals surface area contributed by atoms with E-state index in [1.807, 2.05) is 0 Å². The van der Waals surface area contributed by atoms with Gasteiger partial charge in [0.25, 0.3) is 11.9 Å². The number of nitrogens with zero attached hydrogens (tertiary/aromatic N) is 1. The van der Waals surface area contributed by atoms with Gasteiger partial charge in [-0.1, -0.05) is 48.0 Å². The monoisotopic (exact) mass is 511 g/mol. The van der Waals surface area contributed by atoms with Crippen LogP contribution >= 0.6 is 11.6 Å². The summed E-state index contributed by atoms with van der Waals surface area (Å²) in [7, 11) is 1.43. The molecule has 8 nitrogen and oxygen atoms in total. The van der Waals surface area contributed by atoms with Gasteiger partial charge in [-0.3, -0.25) is 20.2 Å². The quantitative estimate of drug-likeness (QED) is 0.369. The van der Waals surface area contributed by atoms with Crippen molar-refractivity contribution in [3.63, 3.8) is 0 Å². The molecule has 0 bridgehead atoms. The lowest BCUT2D eigenvalue weighted by atomic mass is 9.78. The smallest absolute Gasteiger partial charge is 0.256 e. The third-order valence-electron chi connectivity index (χ3n) is 6.93. The van der Waals surface area contributed by atoms with E-state index >= 15 is 0 Å². The second-order valence-corrected chi connectivity index (χ2v) is 9.32. The Hall–Kier alpha value is -3.69. The van der Waals surface area contributed by atoms with Crippen molar-refractivity contribution in [1.82, 2.24) is 5.32 Å². The van der Waals surface area contributed by atoms with Crippen molar-refractivity contribution in [2.24, 2.45) is 0 Å². The minimum absolute atomic E-state index is 0.0823. The maximum atomic E-state index is 14.0. The van der Waals surface area contributed by atoms with Gasteiger partial charge < -0.3 is 14.8 Å². The fourth-order valence-electron chi connectivity index (χ4n) is 5.39. The van der Waals surface area contributed by atoms with Crippen molar-refractivity contribution in [3.8, 4) is 11.5 Å². The molecule has 1 spiro atoms. The number of benzene rings is 3. The number of fused-ring (bicyclic) bond motifs is 2. The van der Waals surface area contributed by atoms with Crippen molar-refractivity contribution < 1.29 is 23.6 Å². The van der Waals surface area contributed by atoms with Gasteiger partial charge in [-0.15, -0.1) is 0 Å². The Morgan fingerprint density at radius 2 is 1.89 bits per heavy atom. The summed E-state index contributed by atoms with van der Waals surface area (Å²) < 4.78 is 25.3. The number of methoxy groups -OCH3 is 1. The zero-order valence-corrected chi connectivity index (χ0v) is 20.2. The Morgan fingerprint density at radius 3 is 2.61 bits per heavy atom. The molecule has 0 radical (unpaired) electrons. The predicted molar refractivity (Wildman–Crippen MR) is 132 cm³/mol. The van der Waals surface area contributed by atoms with Crippen LogP contribution in [0.25, 0.3) is 0 Å². The molecule has 0 unspecified atom stereocenters. The number of hydrogen-bond donors (Lipinski definition) is 2. The van der Waals surface area contributed by atoms with Crippen LogP contribution in [0.2, 0.25) is 5.02 Å². The molecule has 4 atom stereocenters. The molecule has 2 heterocycles. The molecule has 2 N–H and O–H groups in total. The third-order valence-corrected chi connectivity index (χ3v) is 7.21. The van der Waals surface area contributed by atoms with Crippen molar-refractivity contribution in [1.29, 1.82) is 0 Å². The number of para-hydroxylation sites is 1. The Balaban J connectivity index is 1.54. The molecule has 10 heteroatoms. The summed E-state index contributed by atoms with van der Waals surface area (Å²) in [6.45, 7) is 1.72. The molecular formula is C26H23ClFN3O5. The standard InChI is InChI=1S/C26H23ClFN3O5/c1-14-22(24(31(33)34)26(30-14)17-8-4-6-10-20(17)29-25(26)32)16-11-18(27)23(21(12-16)35-2)36-13-15-7-3-5-9-19(15)28/h3-12,14,22,24,30H,13H2,1-2H3,(H,29,32)/t14-,22-,24+,26-/m0/s1. The normalized spacial score (nSPS) is 24.4. The number of ether oxygens (including phenoxy) is 2. The molecule has 2 aliphatic rings. The van der Waals surface area contributed by atoms with Crippen LogP contribution in [0.15, 0.2) is 60.7 Å². The maximum Gasteiger partial charge on any atom is 0.256 e. The van der Waals surface area contributed by atoms with Gasteiger partial charge in [-0.05, 0) is 36.8 Å². The predicted octanol–water partition coefficient (Wildman–Crippen LogP) is 4.63. The van der Waals surface area contributed by atoms with Crippen molar-refractivity contribution in [3.05, 3.63) is 98.3 Å². The molecule has 186 valence electrons. The van der Waals surface area contributed by atoms with Crippen LogP contribution in [0.3, 0.4) is 0 Å². The lowest BCUT2D eigenvalue weighted by Gasteiger charge is -2.25. The Bertz CT molecular complexity index is 1370. The third kappa shape index (κ3) is 3.66. The number of amides is 1. The second kappa shape index (κ2) is 9.07. The lowest BCUT2D eigenvalue weighted by molar-refractivity contribution is -0.532. The highest BCUT2D eigenvalue weighted by molar-refractivity contribution is 6.32. The highest BCUT2D eigenvalue weighted by Crippen LogP contribution is 2.51. The summed E-state index contributed by atoms with van der Waals surface area (Å²) in [4.78, 5) is 25.3. The minimum Gasteiger partial charge on any atom is -0.493 e. The second-order valence-electron chi connectivity index (χ2n) is 8.91. The molecule has 3 aromatic rings. The molecule has 1 amide bonds. The van der Waals surface area contributed by atoms with E-state index in [2.05, 4.69) is 10.6 Å². The van der Waals surface area contributed by atoms with Gasteiger partial charge in [0.2, 0.25) is 0 Å². The zero-order chi connectivity index (χ0) is 25.6. The fourth-order valence-corrected chi connectivity index (χ4v) is 5.66. The van der Waals surface area contributed by atoms with E-state index in [1.54, 1.807) is 61.5 Å². The van der Waals surface area contributed by atoms with Crippen LogP contribution in [0, 0.1) is 15.9 Å². The maximum absolute atomic E-state index is 14.0. The van der Waals surface area contributed by atoms with Gasteiger partial charge in [0.1, 0.15) is 12.4 Å². The summed E-state index contributed by atoms with van der Waals surface area (Å²) >= 11 is 6.57. The van der Waals surface area contributed by atoms with E-state index in [4.69, 9.17) is 21.1 Å². The molecule has 0 aromatic heterocycles. The van der Waals surface area contributed by atoms with Crippen LogP contribution in [0.4, 0.5) is 10.1 Å². The van der Waals surface area contributed by atoms with E-state index in [0.717, 1.165) is 0 Å². The van der Waals surface area contributed by atoms with Crippen molar-refractivity contribution in [2.45, 2.75) is 37.1 Å². The van der Waals surface area contributed by atoms with Gasteiger partial charge in [0, 0.05) is 27.8 Å². The van der Waals surface area contributed by atoms with Crippen LogP contribution < -0.4 is 20.1 Å². The first-order chi connectivity index (χ1) is 17.3. The first-order valence-electron chi connectivity index (χ1n) is 11.3. The average Bonchev–Trinajstić information content (AvgIpc) is 3.32. The van der Waals surface area contributed by atoms with Gasteiger partial charge in [0.05, 0.1) is 18.1 Å². The van der Waals surface area contributed by atoms with Gasteiger partial charge in [-0.2, -0.15) is 0 Å². The summed E-state index contributed by atoms with van der Waals surface area (Å²) in [6.07, 6.45) is 0. The van der Waals surface area contributed by atoms with Crippen molar-refractivity contribution in [2.75, 3.05) is 12.4 Å². The van der Waals surface area contributed by atoms with E-state index in [0.29, 0.717) is 22.4 Å². The molecule has 3 aromatic carbocycles. The molecule has 0 aliphatic carbocycles. The summed E-state index contributed by atoms with van der Waals surface area (Å²) in [6, 6.07) is 14.6. The average molecular weight is 512 g/mol. The first kappa shape index (κ1) is 24.0. The Kier molecular flexibility index (Phi) is 6.05. The van der Waals surface area contributed by atoms with Crippen LogP contribution in [0.1, 0.15) is 29.5 Å². The zero-order valence-electron chi connectivity index (χ0n) is 19.5. The highest BCUT2D eigenvalue weighted by Gasteiger charge is 2.67. The Morgan fingerprint density at radius 1 is 1.17 bits per heavy atom. The van der Waals surface area contributed by atoms with Crippen LogP contribution in [0.5, 0.6) is 11.5 Å². The molecule has 5 rings (SSSR count). The van der Waals surface area contributed by atoms with Crippen LogP contribution in [-0.2, 0) is 16.9 Å². The number of rotatable bonds is 6. The van der Waals surface area contributed by atoms with Crippen LogP contribution in [-0.4, -0.2) is 30.0 Å². The number of nitrogens with one attached hydrogen (secondary N) is 2. The molecule has 0 saturated carbocycles. The summed E-state index contributed by atoms with van der Waals surface area (Å²) in [5.41, 5.74) is 0.403. The highest BCUT2D eigenvalue weighted by atomic mass is 35.5. The fraction of sp³-hybridized carbons (Fsp3) is 0.269. The number of nitro groups is 1. The van der Waals surface area contributed by atoms with E-state index in [9.17, 15) is 19.3 Å². The molecule has 1 saturated heterocycles. The number of halogens is 2. The molecule has 1 fully saturated rings. The molecule has 2 aliphatic heterocycles. The number of carbonyl (C=O) groups excluding carboxylic acids is 1. The van der Waals surface area contributed by atoms with Gasteiger partial charge in [0.15, 0.2) is 17.0 Å². The number of anilines is 1. The molecular weight excluding hydrogens is 489 g/mol. The topological polar surface area (TPSA) is 103 Å². The minimum atomic E-state index is -1.54. The number of carbonyl (C=O) groups is 1. The van der Waals surface area contributed by atoms with E-state index in [-0.39, 0.29) is 23.1 Å². The SMILES string of the molecule is COc1cc([C@@H]2[C@H](C)N[C@]3(C(=O)Nc4ccccc43)[C@@H]2[N+](=O)[O-])cc(Cl)c1OCc1ccccc1F. The summed E-state index contributed by atoms with van der Waals surface area (Å²) in [5, 5.41) is 18.7. The van der Waals surface area contributed by atoms with E-state index in [1.165, 1.54) is 13.2 Å². The largest absolute Gasteiger partial charge is 0.493 e. The van der Waals surface area contributed by atoms with Crippen molar-refractivity contribution >= 4 is 23.2 Å². The van der Waals surface area contributed by atoms with Gasteiger partial charge in [-0.25, -0.2) is 4.39 Å². The van der Waals surface area contributed by atoms with Gasteiger partial charge >= 0.3 is 0 Å². The molecule has 36 heavy (non-hydrogen) atoms. The van der Waals surface area contributed by atoms with E-state index < -0.39 is 40.2 Å². The number of hydrogen-bond acceptors (Lipinski definition) is 6. The Labute approximate surface area is 211 Å². The lowest BCUT2D eigenvalue weighted by Crippen LogP contribution is -2.54. The first-order valence-corrected chi connectivity index (χ1v) is 11.7.